The smallest absolute Gasteiger partial charge is 0.320 e. The molecule has 1 saturated heterocycles. The fraction of sp³-hybridized carbons (Fsp3) is 0.357. The summed E-state index contributed by atoms with van der Waals surface area (Å²) in [5.41, 5.74) is 3.98. The average Bonchev–Trinajstić information content (AvgIpc) is 2.91. The lowest BCUT2D eigenvalue weighted by atomic mass is 9.97. The van der Waals surface area contributed by atoms with Crippen molar-refractivity contribution in [2.75, 3.05) is 33.0 Å². The minimum Gasteiger partial charge on any atom is -0.379 e. The Morgan fingerprint density at radius 3 is 2.31 bits per heavy atom. The molecule has 2 aliphatic heterocycles. The number of carbonyl (C=O) groups excluding carboxylic acids is 2. The molecule has 8 heteroatoms. The second-order valence-corrected chi connectivity index (χ2v) is 8.89. The molecular weight excluding hydrogens is 459 g/mol. The summed E-state index contributed by atoms with van der Waals surface area (Å²) in [7, 11) is 0. The monoisotopic (exact) mass is 488 g/mol. The van der Waals surface area contributed by atoms with E-state index in [9.17, 15) is 14.0 Å². The molecule has 0 aromatic heterocycles. The predicted molar refractivity (Wildman–Crippen MR) is 137 cm³/mol. The average molecular weight is 489 g/mol. The fourth-order valence-corrected chi connectivity index (χ4v) is 4.05. The van der Waals surface area contributed by atoms with Crippen molar-refractivity contribution in [2.24, 2.45) is 9.98 Å². The van der Waals surface area contributed by atoms with Crippen molar-refractivity contribution in [2.45, 2.75) is 32.0 Å². The van der Waals surface area contributed by atoms with Gasteiger partial charge in [-0.15, -0.1) is 0 Å². The number of morpholine rings is 1. The van der Waals surface area contributed by atoms with E-state index in [1.54, 1.807) is 6.92 Å². The zero-order chi connectivity index (χ0) is 25.3. The molecule has 0 radical (unpaired) electrons. The van der Waals surface area contributed by atoms with Crippen molar-refractivity contribution in [1.82, 2.24) is 10.2 Å². The molecule has 1 fully saturated rings. The van der Waals surface area contributed by atoms with Crippen LogP contribution in [0.25, 0.3) is 0 Å². The molecule has 0 saturated carbocycles. The molecule has 1 amide bonds. The SMILES string of the molecule is CC(CF)NC(CC1=NC=NC(=O)C1=O)c1ccc(C#Cc2ccc(CN3CCOCC3)cc2)cc1. The summed E-state index contributed by atoms with van der Waals surface area (Å²) < 4.78 is 18.6. The summed E-state index contributed by atoms with van der Waals surface area (Å²) in [6, 6.07) is 15.0. The van der Waals surface area contributed by atoms with Crippen molar-refractivity contribution >= 4 is 23.7 Å². The van der Waals surface area contributed by atoms with Crippen LogP contribution >= 0.6 is 0 Å². The van der Waals surface area contributed by atoms with Gasteiger partial charge in [0.2, 0.25) is 0 Å². The number of hydrogen-bond acceptors (Lipinski definition) is 6. The zero-order valence-electron chi connectivity index (χ0n) is 20.2. The van der Waals surface area contributed by atoms with Crippen LogP contribution in [-0.4, -0.2) is 67.7 Å². The first kappa shape index (κ1) is 25.6. The molecule has 1 N–H and O–H groups in total. The van der Waals surface area contributed by atoms with Crippen molar-refractivity contribution in [1.29, 1.82) is 0 Å². The number of amides is 1. The van der Waals surface area contributed by atoms with Crippen molar-refractivity contribution in [3.63, 3.8) is 0 Å². The molecule has 4 rings (SSSR count). The van der Waals surface area contributed by atoms with Crippen LogP contribution in [0.2, 0.25) is 0 Å². The highest BCUT2D eigenvalue weighted by molar-refractivity contribution is 6.66. The summed E-state index contributed by atoms with van der Waals surface area (Å²) in [5, 5.41) is 3.17. The normalized spacial score (nSPS) is 17.8. The third kappa shape index (κ3) is 7.01. The van der Waals surface area contributed by atoms with E-state index in [1.807, 2.05) is 36.4 Å². The molecule has 2 atom stereocenters. The largest absolute Gasteiger partial charge is 0.379 e. The van der Waals surface area contributed by atoms with Gasteiger partial charge in [0.15, 0.2) is 0 Å². The van der Waals surface area contributed by atoms with Gasteiger partial charge in [0.1, 0.15) is 13.0 Å². The number of ether oxygens (including phenoxy) is 1. The topological polar surface area (TPSA) is 83.4 Å². The number of aliphatic imine (C=N–C) groups is 2. The first-order chi connectivity index (χ1) is 17.5. The highest BCUT2D eigenvalue weighted by atomic mass is 19.1. The number of alkyl halides is 1. The van der Waals surface area contributed by atoms with Crippen LogP contribution in [0.3, 0.4) is 0 Å². The van der Waals surface area contributed by atoms with Gasteiger partial charge in [-0.1, -0.05) is 36.1 Å². The van der Waals surface area contributed by atoms with E-state index in [0.29, 0.717) is 0 Å². The number of carbonyl (C=O) groups is 2. The van der Waals surface area contributed by atoms with E-state index < -0.39 is 30.4 Å². The third-order valence-corrected chi connectivity index (χ3v) is 6.09. The van der Waals surface area contributed by atoms with E-state index >= 15 is 0 Å². The van der Waals surface area contributed by atoms with E-state index in [-0.39, 0.29) is 12.1 Å². The van der Waals surface area contributed by atoms with Crippen molar-refractivity contribution < 1.29 is 18.7 Å². The second-order valence-electron chi connectivity index (χ2n) is 8.89. The standard InChI is InChI=1S/C28H29FN4O3/c1-20(17-29)32-25(16-26-27(34)28(35)31-19-30-26)24-10-8-22(9-11-24)3-2-21-4-6-23(7-5-21)18-33-12-14-36-15-13-33/h4-11,19-20,25,32H,12-18H2,1H3. The summed E-state index contributed by atoms with van der Waals surface area (Å²) >= 11 is 0. The van der Waals surface area contributed by atoms with Gasteiger partial charge in [0, 0.05) is 49.3 Å². The number of rotatable bonds is 8. The van der Waals surface area contributed by atoms with Gasteiger partial charge in [-0.2, -0.15) is 4.99 Å². The molecule has 2 aromatic carbocycles. The molecular formula is C28H29FN4O3. The van der Waals surface area contributed by atoms with Gasteiger partial charge < -0.3 is 10.1 Å². The highest BCUT2D eigenvalue weighted by Crippen LogP contribution is 2.20. The first-order valence-electron chi connectivity index (χ1n) is 12.0. The molecule has 186 valence electrons. The summed E-state index contributed by atoms with van der Waals surface area (Å²) in [6.45, 7) is 5.55. The Balaban J connectivity index is 1.42. The van der Waals surface area contributed by atoms with Gasteiger partial charge in [-0.3, -0.25) is 14.5 Å². The number of nitrogens with zero attached hydrogens (tertiary/aromatic N) is 3. The number of Topliss-reactive ketones (excluding diaryl/α,β-unsaturated/α-hetero) is 1. The van der Waals surface area contributed by atoms with Crippen molar-refractivity contribution in [3.8, 4) is 11.8 Å². The highest BCUT2D eigenvalue weighted by Gasteiger charge is 2.26. The Kier molecular flexibility index (Phi) is 8.85. The zero-order valence-corrected chi connectivity index (χ0v) is 20.2. The quantitative estimate of drug-likeness (QED) is 0.456. The molecule has 7 nitrogen and oxygen atoms in total. The maximum Gasteiger partial charge on any atom is 0.320 e. The van der Waals surface area contributed by atoms with Gasteiger partial charge in [0.05, 0.1) is 18.9 Å². The van der Waals surface area contributed by atoms with Crippen LogP contribution < -0.4 is 5.32 Å². The molecule has 2 unspecified atom stereocenters. The van der Waals surface area contributed by atoms with Crippen LogP contribution in [0, 0.1) is 11.8 Å². The lowest BCUT2D eigenvalue weighted by molar-refractivity contribution is -0.132. The minimum atomic E-state index is -0.836. The van der Waals surface area contributed by atoms with Crippen LogP contribution in [-0.2, 0) is 20.9 Å². The van der Waals surface area contributed by atoms with E-state index in [0.717, 1.165) is 55.9 Å². The lowest BCUT2D eigenvalue weighted by Crippen LogP contribution is -2.36. The molecule has 0 spiro atoms. The number of halogens is 1. The van der Waals surface area contributed by atoms with Gasteiger partial charge in [0.25, 0.3) is 5.78 Å². The van der Waals surface area contributed by atoms with E-state index in [1.165, 1.54) is 5.56 Å². The second kappa shape index (κ2) is 12.5. The van der Waals surface area contributed by atoms with Gasteiger partial charge in [-0.25, -0.2) is 9.38 Å². The minimum absolute atomic E-state index is 0.111. The number of nitrogens with one attached hydrogen (secondary N) is 1. The van der Waals surface area contributed by atoms with Crippen LogP contribution in [0.15, 0.2) is 58.5 Å². The predicted octanol–water partition coefficient (Wildman–Crippen LogP) is 2.88. The Labute approximate surface area is 210 Å². The van der Waals surface area contributed by atoms with Gasteiger partial charge >= 0.3 is 5.91 Å². The number of benzene rings is 2. The molecule has 0 aliphatic carbocycles. The van der Waals surface area contributed by atoms with Crippen LogP contribution in [0.4, 0.5) is 4.39 Å². The number of ketones is 1. The molecule has 2 aliphatic rings. The molecule has 2 heterocycles. The van der Waals surface area contributed by atoms with Crippen LogP contribution in [0.1, 0.15) is 41.6 Å². The lowest BCUT2D eigenvalue weighted by Gasteiger charge is -2.26. The third-order valence-electron chi connectivity index (χ3n) is 6.09. The Bertz CT molecular complexity index is 1190. The summed E-state index contributed by atoms with van der Waals surface area (Å²) in [6.07, 6.45) is 1.24. The van der Waals surface area contributed by atoms with E-state index in [2.05, 4.69) is 44.2 Å². The fourth-order valence-electron chi connectivity index (χ4n) is 4.05. The Hall–Kier alpha value is -3.51. The Morgan fingerprint density at radius 2 is 1.67 bits per heavy atom. The Morgan fingerprint density at radius 1 is 1.03 bits per heavy atom. The maximum atomic E-state index is 13.2. The van der Waals surface area contributed by atoms with Gasteiger partial charge in [-0.05, 0) is 42.3 Å². The molecule has 0 bridgehead atoms. The van der Waals surface area contributed by atoms with Crippen molar-refractivity contribution in [3.05, 3.63) is 70.8 Å². The van der Waals surface area contributed by atoms with Crippen LogP contribution in [0.5, 0.6) is 0 Å². The summed E-state index contributed by atoms with van der Waals surface area (Å²) in [4.78, 5) is 33.5. The van der Waals surface area contributed by atoms with E-state index in [4.69, 9.17) is 4.74 Å². The number of hydrogen-bond donors (Lipinski definition) is 1. The first-order valence-corrected chi connectivity index (χ1v) is 12.0. The molecule has 36 heavy (non-hydrogen) atoms. The molecule has 2 aromatic rings. The summed E-state index contributed by atoms with van der Waals surface area (Å²) in [5.74, 6) is 4.81. The maximum absolute atomic E-state index is 13.2.